The van der Waals surface area contributed by atoms with Crippen LogP contribution in [-0.4, -0.2) is 37.2 Å². The van der Waals surface area contributed by atoms with Crippen molar-refractivity contribution in [2.24, 2.45) is 5.92 Å². The van der Waals surface area contributed by atoms with Gasteiger partial charge in [0.15, 0.2) is 0 Å². The molecule has 1 saturated heterocycles. The standard InChI is InChI=1S/C11H23NO/c1-5-9(2)11-10(3)12(4)7-6-8-13-11/h9-11H,5-8H2,1-4H3. The van der Waals surface area contributed by atoms with Crippen molar-refractivity contribution in [3.8, 4) is 0 Å². The normalized spacial score (nSPS) is 34.2. The molecular formula is C11H23NO. The van der Waals surface area contributed by atoms with E-state index in [1.807, 2.05) is 0 Å². The summed E-state index contributed by atoms with van der Waals surface area (Å²) in [6.45, 7) is 8.92. The van der Waals surface area contributed by atoms with Crippen LogP contribution < -0.4 is 0 Å². The third-order valence-corrected chi connectivity index (χ3v) is 3.34. The quantitative estimate of drug-likeness (QED) is 0.653. The maximum Gasteiger partial charge on any atom is 0.0752 e. The molecule has 1 rings (SSSR count). The molecule has 0 radical (unpaired) electrons. The van der Waals surface area contributed by atoms with Gasteiger partial charge >= 0.3 is 0 Å². The highest BCUT2D eigenvalue weighted by Gasteiger charge is 2.28. The molecule has 0 saturated carbocycles. The van der Waals surface area contributed by atoms with Crippen LogP contribution in [0.4, 0.5) is 0 Å². The van der Waals surface area contributed by atoms with Crippen LogP contribution in [0.15, 0.2) is 0 Å². The van der Waals surface area contributed by atoms with E-state index in [9.17, 15) is 0 Å². The van der Waals surface area contributed by atoms with E-state index < -0.39 is 0 Å². The molecule has 0 spiro atoms. The summed E-state index contributed by atoms with van der Waals surface area (Å²) < 4.78 is 5.90. The van der Waals surface area contributed by atoms with Crippen LogP contribution in [0.2, 0.25) is 0 Å². The highest BCUT2D eigenvalue weighted by Crippen LogP contribution is 2.21. The van der Waals surface area contributed by atoms with Crippen LogP contribution in [0.5, 0.6) is 0 Å². The molecule has 0 bridgehead atoms. The molecule has 1 aliphatic heterocycles. The van der Waals surface area contributed by atoms with Gasteiger partial charge in [0.25, 0.3) is 0 Å². The summed E-state index contributed by atoms with van der Waals surface area (Å²) in [5, 5.41) is 0. The molecular weight excluding hydrogens is 162 g/mol. The molecule has 0 aromatic carbocycles. The zero-order chi connectivity index (χ0) is 9.84. The number of hydrogen-bond donors (Lipinski definition) is 0. The Labute approximate surface area is 82.3 Å². The van der Waals surface area contributed by atoms with E-state index in [0.717, 1.165) is 6.61 Å². The van der Waals surface area contributed by atoms with E-state index in [-0.39, 0.29) is 0 Å². The fourth-order valence-electron chi connectivity index (χ4n) is 2.00. The third kappa shape index (κ3) is 2.68. The van der Waals surface area contributed by atoms with Gasteiger partial charge in [-0.1, -0.05) is 20.3 Å². The molecule has 2 heteroatoms. The Kier molecular flexibility index (Phi) is 4.20. The molecule has 3 unspecified atom stereocenters. The number of likely N-dealkylation sites (N-methyl/N-ethyl adjacent to an activating group) is 1. The Balaban J connectivity index is 2.58. The summed E-state index contributed by atoms with van der Waals surface area (Å²) in [6.07, 6.45) is 2.81. The van der Waals surface area contributed by atoms with Crippen molar-refractivity contribution < 1.29 is 4.74 Å². The van der Waals surface area contributed by atoms with Gasteiger partial charge in [-0.3, -0.25) is 0 Å². The van der Waals surface area contributed by atoms with Gasteiger partial charge in [-0.15, -0.1) is 0 Å². The van der Waals surface area contributed by atoms with Gasteiger partial charge in [0.1, 0.15) is 0 Å². The van der Waals surface area contributed by atoms with Gasteiger partial charge in [0.2, 0.25) is 0 Å². The van der Waals surface area contributed by atoms with Crippen molar-refractivity contribution in [1.29, 1.82) is 0 Å². The topological polar surface area (TPSA) is 12.5 Å². The van der Waals surface area contributed by atoms with E-state index >= 15 is 0 Å². The summed E-state index contributed by atoms with van der Waals surface area (Å²) in [5.41, 5.74) is 0. The predicted molar refractivity (Wildman–Crippen MR) is 55.9 cm³/mol. The van der Waals surface area contributed by atoms with Crippen molar-refractivity contribution >= 4 is 0 Å². The van der Waals surface area contributed by atoms with Crippen molar-refractivity contribution in [1.82, 2.24) is 4.90 Å². The zero-order valence-corrected chi connectivity index (χ0v) is 9.42. The summed E-state index contributed by atoms with van der Waals surface area (Å²) >= 11 is 0. The molecule has 13 heavy (non-hydrogen) atoms. The minimum atomic E-state index is 0.428. The first-order chi connectivity index (χ1) is 6.16. The molecule has 0 aliphatic carbocycles. The Bertz CT molecular complexity index is 149. The SMILES string of the molecule is CCC(C)C1OCCCN(C)C1C. The Morgan fingerprint density at radius 3 is 2.85 bits per heavy atom. The van der Waals surface area contributed by atoms with Gasteiger partial charge in [0.05, 0.1) is 6.10 Å². The Morgan fingerprint density at radius 1 is 1.54 bits per heavy atom. The van der Waals surface area contributed by atoms with Crippen molar-refractivity contribution in [2.45, 2.75) is 45.8 Å². The van der Waals surface area contributed by atoms with Crippen LogP contribution in [0.3, 0.4) is 0 Å². The summed E-state index contributed by atoms with van der Waals surface area (Å²) in [7, 11) is 2.20. The smallest absolute Gasteiger partial charge is 0.0752 e. The number of ether oxygens (including phenoxy) is 1. The number of hydrogen-bond acceptors (Lipinski definition) is 2. The minimum absolute atomic E-state index is 0.428. The largest absolute Gasteiger partial charge is 0.376 e. The van der Waals surface area contributed by atoms with Gasteiger partial charge in [-0.05, 0) is 26.3 Å². The van der Waals surface area contributed by atoms with E-state index in [0.29, 0.717) is 18.1 Å². The van der Waals surface area contributed by atoms with Crippen molar-refractivity contribution in [3.05, 3.63) is 0 Å². The Morgan fingerprint density at radius 2 is 2.23 bits per heavy atom. The number of rotatable bonds is 2. The first kappa shape index (κ1) is 11.0. The average Bonchev–Trinajstić information content (AvgIpc) is 2.29. The molecule has 1 fully saturated rings. The highest BCUT2D eigenvalue weighted by atomic mass is 16.5. The molecule has 0 aromatic rings. The third-order valence-electron chi connectivity index (χ3n) is 3.34. The van der Waals surface area contributed by atoms with Crippen molar-refractivity contribution in [2.75, 3.05) is 20.2 Å². The van der Waals surface area contributed by atoms with Gasteiger partial charge < -0.3 is 9.64 Å². The van der Waals surface area contributed by atoms with E-state index in [1.54, 1.807) is 0 Å². The molecule has 2 nitrogen and oxygen atoms in total. The monoisotopic (exact) mass is 185 g/mol. The maximum atomic E-state index is 5.90. The van der Waals surface area contributed by atoms with Crippen LogP contribution in [-0.2, 0) is 4.74 Å². The first-order valence-electron chi connectivity index (χ1n) is 5.48. The average molecular weight is 185 g/mol. The van der Waals surface area contributed by atoms with Gasteiger partial charge in [-0.2, -0.15) is 0 Å². The molecule has 1 heterocycles. The first-order valence-corrected chi connectivity index (χ1v) is 5.48. The lowest BCUT2D eigenvalue weighted by atomic mass is 9.96. The lowest BCUT2D eigenvalue weighted by Gasteiger charge is -2.32. The van der Waals surface area contributed by atoms with E-state index in [4.69, 9.17) is 4.74 Å². The summed E-state index contributed by atoms with van der Waals surface area (Å²) in [6, 6.07) is 0.567. The predicted octanol–water partition coefficient (Wildman–Crippen LogP) is 2.14. The van der Waals surface area contributed by atoms with Crippen LogP contribution in [0, 0.1) is 5.92 Å². The fraction of sp³-hybridized carbons (Fsp3) is 1.00. The fourth-order valence-corrected chi connectivity index (χ4v) is 2.00. The van der Waals surface area contributed by atoms with E-state index in [2.05, 4.69) is 32.7 Å². The second-order valence-electron chi connectivity index (χ2n) is 4.30. The molecule has 78 valence electrons. The minimum Gasteiger partial charge on any atom is -0.376 e. The van der Waals surface area contributed by atoms with Crippen LogP contribution in [0.1, 0.15) is 33.6 Å². The van der Waals surface area contributed by atoms with Gasteiger partial charge in [-0.25, -0.2) is 0 Å². The van der Waals surface area contributed by atoms with E-state index in [1.165, 1.54) is 19.4 Å². The molecule has 0 N–H and O–H groups in total. The molecule has 0 aromatic heterocycles. The zero-order valence-electron chi connectivity index (χ0n) is 9.42. The van der Waals surface area contributed by atoms with Crippen LogP contribution >= 0.6 is 0 Å². The van der Waals surface area contributed by atoms with Crippen molar-refractivity contribution in [3.63, 3.8) is 0 Å². The Hall–Kier alpha value is -0.0800. The second-order valence-corrected chi connectivity index (χ2v) is 4.30. The second kappa shape index (κ2) is 4.97. The summed E-state index contributed by atoms with van der Waals surface area (Å²) in [4.78, 5) is 2.42. The molecule has 3 atom stereocenters. The van der Waals surface area contributed by atoms with Crippen LogP contribution in [0.25, 0.3) is 0 Å². The lowest BCUT2D eigenvalue weighted by molar-refractivity contribution is -0.00881. The molecule has 0 amide bonds. The molecule has 1 aliphatic rings. The summed E-state index contributed by atoms with van der Waals surface area (Å²) in [5.74, 6) is 0.676. The maximum absolute atomic E-state index is 5.90. The lowest BCUT2D eigenvalue weighted by Crippen LogP contribution is -2.41. The van der Waals surface area contributed by atoms with Gasteiger partial charge in [0, 0.05) is 19.2 Å². The highest BCUT2D eigenvalue weighted by molar-refractivity contribution is 4.80. The number of nitrogens with zero attached hydrogens (tertiary/aromatic N) is 1.